The molecule has 1 fully saturated rings. The minimum atomic E-state index is 0.713. The summed E-state index contributed by atoms with van der Waals surface area (Å²) < 4.78 is 1.14. The van der Waals surface area contributed by atoms with Crippen molar-refractivity contribution in [3.63, 3.8) is 0 Å². The minimum absolute atomic E-state index is 0.713. The van der Waals surface area contributed by atoms with E-state index in [0.717, 1.165) is 21.1 Å². The molecular formula is C11H19N3S2. The van der Waals surface area contributed by atoms with Crippen molar-refractivity contribution >= 4 is 23.1 Å². The average Bonchev–Trinajstić information content (AvgIpc) is 2.65. The second-order valence-electron chi connectivity index (χ2n) is 4.25. The van der Waals surface area contributed by atoms with Gasteiger partial charge in [0.2, 0.25) is 0 Å². The van der Waals surface area contributed by atoms with Gasteiger partial charge in [0, 0.05) is 11.3 Å². The van der Waals surface area contributed by atoms with Crippen LogP contribution in [0.2, 0.25) is 0 Å². The summed E-state index contributed by atoms with van der Waals surface area (Å²) in [5.74, 6) is 0. The van der Waals surface area contributed by atoms with Gasteiger partial charge in [0.05, 0.1) is 0 Å². The number of aromatic nitrogens is 2. The number of hydrogen-bond donors (Lipinski definition) is 1. The molecule has 1 N–H and O–H groups in total. The van der Waals surface area contributed by atoms with Gasteiger partial charge in [-0.2, -0.15) is 0 Å². The molecule has 1 saturated carbocycles. The van der Waals surface area contributed by atoms with E-state index >= 15 is 0 Å². The van der Waals surface area contributed by atoms with E-state index in [1.807, 2.05) is 18.7 Å². The Labute approximate surface area is 105 Å². The zero-order valence-electron chi connectivity index (χ0n) is 9.90. The predicted octanol–water partition coefficient (Wildman–Crippen LogP) is 2.86. The van der Waals surface area contributed by atoms with Crippen molar-refractivity contribution in [2.75, 3.05) is 6.54 Å². The number of nitrogens with one attached hydrogen (secondary N) is 1. The van der Waals surface area contributed by atoms with Crippen molar-refractivity contribution in [1.29, 1.82) is 0 Å². The molecule has 1 aromatic heterocycles. The lowest BCUT2D eigenvalue weighted by molar-refractivity contribution is 0.387. The second kappa shape index (κ2) is 5.98. The molecule has 1 aliphatic rings. The molecule has 1 aromatic rings. The summed E-state index contributed by atoms with van der Waals surface area (Å²) >= 11 is 3.64. The zero-order valence-corrected chi connectivity index (χ0v) is 11.5. The summed E-state index contributed by atoms with van der Waals surface area (Å²) in [5, 5.41) is 13.6. The van der Waals surface area contributed by atoms with Gasteiger partial charge >= 0.3 is 0 Å². The van der Waals surface area contributed by atoms with E-state index in [-0.39, 0.29) is 0 Å². The Morgan fingerprint density at radius 2 is 2.31 bits per heavy atom. The number of hydrogen-bond acceptors (Lipinski definition) is 5. The standard InChI is InChI=1S/C11H19N3S2/c1-3-12-9-5-4-6-10(7-9)16-11-14-13-8(2)15-11/h9-10,12H,3-7H2,1-2H3. The van der Waals surface area contributed by atoms with Crippen molar-refractivity contribution in [3.8, 4) is 0 Å². The van der Waals surface area contributed by atoms with E-state index < -0.39 is 0 Å². The first kappa shape index (κ1) is 12.3. The van der Waals surface area contributed by atoms with Crippen LogP contribution in [0.15, 0.2) is 4.34 Å². The van der Waals surface area contributed by atoms with Crippen LogP contribution in [0, 0.1) is 6.92 Å². The van der Waals surface area contributed by atoms with E-state index in [9.17, 15) is 0 Å². The fourth-order valence-corrected chi connectivity index (χ4v) is 4.56. The first-order chi connectivity index (χ1) is 7.78. The lowest BCUT2D eigenvalue weighted by Crippen LogP contribution is -2.34. The van der Waals surface area contributed by atoms with Crippen LogP contribution < -0.4 is 5.32 Å². The van der Waals surface area contributed by atoms with Crippen LogP contribution in [-0.4, -0.2) is 28.0 Å². The smallest absolute Gasteiger partial charge is 0.174 e. The van der Waals surface area contributed by atoms with Gasteiger partial charge in [-0.05, 0) is 32.7 Å². The second-order valence-corrected chi connectivity index (χ2v) is 6.98. The van der Waals surface area contributed by atoms with Crippen LogP contribution in [0.3, 0.4) is 0 Å². The number of nitrogens with zero attached hydrogens (tertiary/aromatic N) is 2. The molecule has 90 valence electrons. The Kier molecular flexibility index (Phi) is 4.61. The summed E-state index contributed by atoms with van der Waals surface area (Å²) in [6.07, 6.45) is 5.27. The molecule has 1 heterocycles. The van der Waals surface area contributed by atoms with Gasteiger partial charge in [-0.15, -0.1) is 10.2 Å². The molecule has 0 amide bonds. The molecule has 1 aliphatic carbocycles. The number of aryl methyl sites for hydroxylation is 1. The maximum absolute atomic E-state index is 4.19. The van der Waals surface area contributed by atoms with Crippen LogP contribution in [0.25, 0.3) is 0 Å². The summed E-state index contributed by atoms with van der Waals surface area (Å²) in [5.41, 5.74) is 0. The first-order valence-electron chi connectivity index (χ1n) is 5.98. The van der Waals surface area contributed by atoms with Gasteiger partial charge < -0.3 is 5.32 Å². The quantitative estimate of drug-likeness (QED) is 0.900. The highest BCUT2D eigenvalue weighted by molar-refractivity contribution is 8.01. The molecule has 3 nitrogen and oxygen atoms in total. The molecule has 2 atom stereocenters. The van der Waals surface area contributed by atoms with Crippen molar-refractivity contribution in [2.24, 2.45) is 0 Å². The predicted molar refractivity (Wildman–Crippen MR) is 70.2 cm³/mol. The monoisotopic (exact) mass is 257 g/mol. The van der Waals surface area contributed by atoms with E-state index in [1.165, 1.54) is 25.7 Å². The van der Waals surface area contributed by atoms with Crippen LogP contribution in [0.5, 0.6) is 0 Å². The third-order valence-corrected chi connectivity index (χ3v) is 5.11. The molecule has 2 unspecified atom stereocenters. The average molecular weight is 257 g/mol. The number of rotatable bonds is 4. The Hall–Kier alpha value is -0.130. The zero-order chi connectivity index (χ0) is 11.4. The maximum Gasteiger partial charge on any atom is 0.174 e. The minimum Gasteiger partial charge on any atom is -0.314 e. The van der Waals surface area contributed by atoms with Crippen LogP contribution in [-0.2, 0) is 0 Å². The molecule has 0 spiro atoms. The Morgan fingerprint density at radius 3 is 3.00 bits per heavy atom. The molecular weight excluding hydrogens is 238 g/mol. The van der Waals surface area contributed by atoms with Crippen LogP contribution in [0.1, 0.15) is 37.6 Å². The highest BCUT2D eigenvalue weighted by atomic mass is 32.2. The van der Waals surface area contributed by atoms with Gasteiger partial charge in [0.25, 0.3) is 0 Å². The highest BCUT2D eigenvalue weighted by Gasteiger charge is 2.23. The lowest BCUT2D eigenvalue weighted by Gasteiger charge is -2.28. The van der Waals surface area contributed by atoms with Gasteiger partial charge in [0.1, 0.15) is 5.01 Å². The van der Waals surface area contributed by atoms with E-state index in [4.69, 9.17) is 0 Å². The van der Waals surface area contributed by atoms with Crippen molar-refractivity contribution in [3.05, 3.63) is 5.01 Å². The van der Waals surface area contributed by atoms with Crippen LogP contribution in [0.4, 0.5) is 0 Å². The van der Waals surface area contributed by atoms with Crippen molar-refractivity contribution in [1.82, 2.24) is 15.5 Å². The fraction of sp³-hybridized carbons (Fsp3) is 0.818. The topological polar surface area (TPSA) is 37.8 Å². The SMILES string of the molecule is CCNC1CCCC(Sc2nnc(C)s2)C1. The largest absolute Gasteiger partial charge is 0.314 e. The van der Waals surface area contributed by atoms with E-state index in [1.54, 1.807) is 11.3 Å². The summed E-state index contributed by atoms with van der Waals surface area (Å²) in [6.45, 7) is 5.29. The van der Waals surface area contributed by atoms with Gasteiger partial charge in [0.15, 0.2) is 4.34 Å². The first-order valence-corrected chi connectivity index (χ1v) is 7.67. The molecule has 5 heteroatoms. The Balaban J connectivity index is 1.85. The molecule has 0 saturated heterocycles. The van der Waals surface area contributed by atoms with Crippen molar-refractivity contribution < 1.29 is 0 Å². The lowest BCUT2D eigenvalue weighted by atomic mass is 9.95. The van der Waals surface area contributed by atoms with Crippen LogP contribution >= 0.6 is 23.1 Å². The summed E-state index contributed by atoms with van der Waals surface area (Å²) in [6, 6.07) is 0.713. The summed E-state index contributed by atoms with van der Waals surface area (Å²) in [7, 11) is 0. The Morgan fingerprint density at radius 1 is 1.44 bits per heavy atom. The normalized spacial score (nSPS) is 25.9. The molecule has 2 rings (SSSR count). The molecule has 16 heavy (non-hydrogen) atoms. The van der Waals surface area contributed by atoms with E-state index in [2.05, 4.69) is 22.4 Å². The Bertz CT molecular complexity index is 325. The van der Waals surface area contributed by atoms with Gasteiger partial charge in [-0.1, -0.05) is 36.4 Å². The van der Waals surface area contributed by atoms with Crippen molar-refractivity contribution in [2.45, 2.75) is 55.2 Å². The van der Waals surface area contributed by atoms with Gasteiger partial charge in [-0.3, -0.25) is 0 Å². The summed E-state index contributed by atoms with van der Waals surface area (Å²) in [4.78, 5) is 0. The van der Waals surface area contributed by atoms with Gasteiger partial charge in [-0.25, -0.2) is 0 Å². The van der Waals surface area contributed by atoms with E-state index in [0.29, 0.717) is 6.04 Å². The fourth-order valence-electron chi connectivity index (χ4n) is 2.19. The molecule has 0 radical (unpaired) electrons. The number of thioether (sulfide) groups is 1. The maximum atomic E-state index is 4.19. The third kappa shape index (κ3) is 3.43. The highest BCUT2D eigenvalue weighted by Crippen LogP contribution is 2.34. The molecule has 0 bridgehead atoms. The molecule has 0 aromatic carbocycles. The molecule has 0 aliphatic heterocycles. The third-order valence-electron chi connectivity index (χ3n) is 2.89.